The molecule has 3 heteroatoms. The fourth-order valence-electron chi connectivity index (χ4n) is 1.02. The van der Waals surface area contributed by atoms with Gasteiger partial charge in [-0.25, -0.2) is 0 Å². The third-order valence-corrected chi connectivity index (χ3v) is 1.68. The molecule has 0 spiro atoms. The van der Waals surface area contributed by atoms with Crippen molar-refractivity contribution in [3.8, 4) is 11.5 Å². The van der Waals surface area contributed by atoms with Gasteiger partial charge in [-0.1, -0.05) is 6.07 Å². The van der Waals surface area contributed by atoms with Gasteiger partial charge in [0.1, 0.15) is 11.5 Å². The van der Waals surface area contributed by atoms with Crippen LogP contribution in [0.25, 0.3) is 0 Å². The number of aromatic hydroxyl groups is 2. The first-order valence-electron chi connectivity index (χ1n) is 3.74. The highest BCUT2D eigenvalue weighted by Crippen LogP contribution is 2.26. The van der Waals surface area contributed by atoms with Crippen LogP contribution in [0.15, 0.2) is 18.2 Å². The van der Waals surface area contributed by atoms with E-state index in [2.05, 4.69) is 0 Å². The van der Waals surface area contributed by atoms with Crippen LogP contribution in [-0.2, 0) is 11.2 Å². The summed E-state index contributed by atoms with van der Waals surface area (Å²) in [7, 11) is 1.58. The highest BCUT2D eigenvalue weighted by atomic mass is 16.5. The van der Waals surface area contributed by atoms with Crippen molar-refractivity contribution in [1.82, 2.24) is 0 Å². The Bertz CT molecular complexity index is 238. The van der Waals surface area contributed by atoms with E-state index in [-0.39, 0.29) is 11.5 Å². The van der Waals surface area contributed by atoms with E-state index >= 15 is 0 Å². The SMILES string of the molecule is COCCc1c(O)cccc1O. The highest BCUT2D eigenvalue weighted by Gasteiger charge is 2.05. The minimum atomic E-state index is 0.118. The van der Waals surface area contributed by atoms with Crippen LogP contribution in [0.5, 0.6) is 11.5 Å². The van der Waals surface area contributed by atoms with E-state index in [9.17, 15) is 10.2 Å². The lowest BCUT2D eigenvalue weighted by atomic mass is 10.1. The summed E-state index contributed by atoms with van der Waals surface area (Å²) in [6.45, 7) is 0.491. The number of phenols is 2. The van der Waals surface area contributed by atoms with Crippen molar-refractivity contribution in [3.63, 3.8) is 0 Å². The Balaban J connectivity index is 2.81. The number of methoxy groups -OCH3 is 1. The molecule has 66 valence electrons. The molecule has 1 aromatic carbocycles. The summed E-state index contributed by atoms with van der Waals surface area (Å²) < 4.78 is 4.83. The van der Waals surface area contributed by atoms with Gasteiger partial charge in [0.2, 0.25) is 0 Å². The maximum Gasteiger partial charge on any atom is 0.122 e. The molecule has 0 amide bonds. The molecule has 0 saturated carbocycles. The minimum Gasteiger partial charge on any atom is -0.508 e. The lowest BCUT2D eigenvalue weighted by molar-refractivity contribution is 0.200. The van der Waals surface area contributed by atoms with Gasteiger partial charge >= 0.3 is 0 Å². The molecule has 2 N–H and O–H groups in total. The predicted molar refractivity (Wildman–Crippen MR) is 45.4 cm³/mol. The Morgan fingerprint density at radius 1 is 1.25 bits per heavy atom. The standard InChI is InChI=1S/C9H12O3/c1-12-6-5-7-8(10)3-2-4-9(7)11/h2-4,10-11H,5-6H2,1H3. The number of ether oxygens (including phenoxy) is 1. The predicted octanol–water partition coefficient (Wildman–Crippen LogP) is 1.29. The summed E-state index contributed by atoms with van der Waals surface area (Å²) in [5.41, 5.74) is 0.541. The van der Waals surface area contributed by atoms with Gasteiger partial charge < -0.3 is 14.9 Å². The molecule has 0 fully saturated rings. The zero-order valence-corrected chi connectivity index (χ0v) is 6.95. The topological polar surface area (TPSA) is 49.7 Å². The van der Waals surface area contributed by atoms with Crippen molar-refractivity contribution >= 4 is 0 Å². The van der Waals surface area contributed by atoms with Crippen LogP contribution < -0.4 is 0 Å². The molecule has 0 unspecified atom stereocenters. The molecule has 0 aliphatic rings. The molecular formula is C9H12O3. The van der Waals surface area contributed by atoms with E-state index in [0.29, 0.717) is 18.6 Å². The average Bonchev–Trinajstić information content (AvgIpc) is 2.04. The van der Waals surface area contributed by atoms with Crippen molar-refractivity contribution in [3.05, 3.63) is 23.8 Å². The van der Waals surface area contributed by atoms with Gasteiger partial charge in [-0.2, -0.15) is 0 Å². The number of phenolic OH excluding ortho intramolecular Hbond substituents is 2. The molecule has 0 bridgehead atoms. The van der Waals surface area contributed by atoms with Crippen LogP contribution in [0.1, 0.15) is 5.56 Å². The van der Waals surface area contributed by atoms with E-state index in [1.54, 1.807) is 25.3 Å². The molecule has 0 aliphatic heterocycles. The lowest BCUT2D eigenvalue weighted by Crippen LogP contribution is -1.94. The van der Waals surface area contributed by atoms with Crippen LogP contribution in [0, 0.1) is 0 Å². The first-order chi connectivity index (χ1) is 5.75. The van der Waals surface area contributed by atoms with Crippen molar-refractivity contribution in [2.24, 2.45) is 0 Å². The second-order valence-corrected chi connectivity index (χ2v) is 2.52. The molecule has 0 atom stereocenters. The average molecular weight is 168 g/mol. The Kier molecular flexibility index (Phi) is 2.94. The fraction of sp³-hybridized carbons (Fsp3) is 0.333. The quantitative estimate of drug-likeness (QED) is 0.714. The number of hydrogen-bond donors (Lipinski definition) is 2. The summed E-state index contributed by atoms with van der Waals surface area (Å²) >= 11 is 0. The van der Waals surface area contributed by atoms with Gasteiger partial charge in [0, 0.05) is 19.1 Å². The molecule has 0 aromatic heterocycles. The molecule has 0 aliphatic carbocycles. The van der Waals surface area contributed by atoms with Gasteiger partial charge in [0.15, 0.2) is 0 Å². The van der Waals surface area contributed by atoms with E-state index < -0.39 is 0 Å². The third kappa shape index (κ3) is 1.89. The van der Waals surface area contributed by atoms with E-state index in [1.165, 1.54) is 0 Å². The Labute approximate surface area is 71.2 Å². The summed E-state index contributed by atoms with van der Waals surface area (Å²) in [4.78, 5) is 0. The van der Waals surface area contributed by atoms with Gasteiger partial charge in [0.05, 0.1) is 6.61 Å². The van der Waals surface area contributed by atoms with Crippen molar-refractivity contribution < 1.29 is 14.9 Å². The molecule has 1 rings (SSSR count). The zero-order chi connectivity index (χ0) is 8.97. The molecule has 1 aromatic rings. The minimum absolute atomic E-state index is 0.118. The molecule has 3 nitrogen and oxygen atoms in total. The van der Waals surface area contributed by atoms with Gasteiger partial charge in [-0.15, -0.1) is 0 Å². The van der Waals surface area contributed by atoms with Crippen LogP contribution in [0.4, 0.5) is 0 Å². The summed E-state index contributed by atoms with van der Waals surface area (Å²) in [5, 5.41) is 18.6. The maximum atomic E-state index is 9.30. The summed E-state index contributed by atoms with van der Waals surface area (Å²) in [6, 6.07) is 4.69. The molecule has 0 radical (unpaired) electrons. The van der Waals surface area contributed by atoms with Crippen LogP contribution >= 0.6 is 0 Å². The highest BCUT2D eigenvalue weighted by molar-refractivity contribution is 5.42. The monoisotopic (exact) mass is 168 g/mol. The van der Waals surface area contributed by atoms with Crippen molar-refractivity contribution in [2.45, 2.75) is 6.42 Å². The second-order valence-electron chi connectivity index (χ2n) is 2.52. The Morgan fingerprint density at radius 2 is 1.83 bits per heavy atom. The normalized spacial score (nSPS) is 10.1. The van der Waals surface area contributed by atoms with Crippen LogP contribution in [-0.4, -0.2) is 23.9 Å². The second kappa shape index (κ2) is 3.97. The van der Waals surface area contributed by atoms with Crippen LogP contribution in [0.3, 0.4) is 0 Å². The maximum absolute atomic E-state index is 9.30. The number of benzene rings is 1. The Morgan fingerprint density at radius 3 is 2.33 bits per heavy atom. The van der Waals surface area contributed by atoms with Crippen molar-refractivity contribution in [1.29, 1.82) is 0 Å². The smallest absolute Gasteiger partial charge is 0.122 e. The van der Waals surface area contributed by atoms with Crippen LogP contribution in [0.2, 0.25) is 0 Å². The lowest BCUT2D eigenvalue weighted by Gasteiger charge is -2.05. The van der Waals surface area contributed by atoms with E-state index in [4.69, 9.17) is 4.74 Å². The van der Waals surface area contributed by atoms with Gasteiger partial charge in [0.25, 0.3) is 0 Å². The fourth-order valence-corrected chi connectivity index (χ4v) is 1.02. The molecule has 0 saturated heterocycles. The van der Waals surface area contributed by atoms with Gasteiger partial charge in [-0.05, 0) is 12.1 Å². The largest absolute Gasteiger partial charge is 0.508 e. The molecule has 0 heterocycles. The number of rotatable bonds is 3. The first kappa shape index (κ1) is 8.87. The van der Waals surface area contributed by atoms with Gasteiger partial charge in [-0.3, -0.25) is 0 Å². The van der Waals surface area contributed by atoms with Crippen molar-refractivity contribution in [2.75, 3.05) is 13.7 Å². The third-order valence-electron chi connectivity index (χ3n) is 1.68. The van der Waals surface area contributed by atoms with E-state index in [1.807, 2.05) is 0 Å². The first-order valence-corrected chi connectivity index (χ1v) is 3.74. The summed E-state index contributed by atoms with van der Waals surface area (Å²) in [6.07, 6.45) is 0.523. The Hall–Kier alpha value is -1.22. The molecular weight excluding hydrogens is 156 g/mol. The number of hydrogen-bond acceptors (Lipinski definition) is 3. The molecule has 12 heavy (non-hydrogen) atoms. The zero-order valence-electron chi connectivity index (χ0n) is 6.95. The van der Waals surface area contributed by atoms with E-state index in [0.717, 1.165) is 0 Å². The summed E-state index contributed by atoms with van der Waals surface area (Å²) in [5.74, 6) is 0.235.